The van der Waals surface area contributed by atoms with Gasteiger partial charge in [0, 0.05) is 43.8 Å². The number of hydrogen-bond donors (Lipinski definition) is 1. The van der Waals surface area contributed by atoms with Gasteiger partial charge in [-0.05, 0) is 37.0 Å². The van der Waals surface area contributed by atoms with E-state index in [4.69, 9.17) is 9.47 Å². The smallest absolute Gasteiger partial charge is 0.193 e. The first-order chi connectivity index (χ1) is 11.1. The minimum Gasteiger partial charge on any atom is -0.496 e. The van der Waals surface area contributed by atoms with Gasteiger partial charge in [-0.1, -0.05) is 15.9 Å². The second-order valence-electron chi connectivity index (χ2n) is 5.80. The lowest BCUT2D eigenvalue weighted by Crippen LogP contribution is -2.40. The lowest BCUT2D eigenvalue weighted by atomic mass is 10.2. The van der Waals surface area contributed by atoms with Crippen molar-refractivity contribution in [2.45, 2.75) is 19.4 Å². The Morgan fingerprint density at radius 1 is 1.43 bits per heavy atom. The van der Waals surface area contributed by atoms with Crippen LogP contribution in [0.3, 0.4) is 0 Å². The number of guanidine groups is 1. The number of halogens is 1. The van der Waals surface area contributed by atoms with E-state index >= 15 is 0 Å². The van der Waals surface area contributed by atoms with Gasteiger partial charge in [0.15, 0.2) is 5.96 Å². The highest BCUT2D eigenvalue weighted by molar-refractivity contribution is 9.10. The molecule has 0 radical (unpaired) electrons. The number of hydrogen-bond acceptors (Lipinski definition) is 3. The molecule has 1 aliphatic carbocycles. The molecule has 0 amide bonds. The molecule has 1 aromatic rings. The van der Waals surface area contributed by atoms with Gasteiger partial charge in [-0.15, -0.1) is 0 Å². The number of rotatable bonds is 8. The van der Waals surface area contributed by atoms with Crippen LogP contribution >= 0.6 is 15.9 Å². The zero-order chi connectivity index (χ0) is 16.7. The first-order valence-corrected chi connectivity index (χ1v) is 8.75. The minimum atomic E-state index is 0.655. The van der Waals surface area contributed by atoms with Crippen LogP contribution < -0.4 is 10.1 Å². The summed E-state index contributed by atoms with van der Waals surface area (Å²) in [6.45, 7) is 3.10. The van der Waals surface area contributed by atoms with E-state index in [9.17, 15) is 0 Å². The molecule has 0 unspecified atom stereocenters. The Balaban J connectivity index is 1.80. The Morgan fingerprint density at radius 3 is 2.87 bits per heavy atom. The van der Waals surface area contributed by atoms with Crippen molar-refractivity contribution in [2.75, 3.05) is 41.0 Å². The molecule has 1 saturated carbocycles. The molecule has 1 fully saturated rings. The van der Waals surface area contributed by atoms with E-state index in [-0.39, 0.29) is 0 Å². The molecular formula is C17H26BrN3O2. The summed E-state index contributed by atoms with van der Waals surface area (Å²) in [7, 11) is 5.50. The fourth-order valence-corrected chi connectivity index (χ4v) is 2.69. The van der Waals surface area contributed by atoms with Crippen molar-refractivity contribution in [2.24, 2.45) is 10.9 Å². The monoisotopic (exact) mass is 383 g/mol. The third-order valence-corrected chi connectivity index (χ3v) is 4.37. The number of nitrogens with one attached hydrogen (secondary N) is 1. The van der Waals surface area contributed by atoms with E-state index in [1.165, 1.54) is 12.8 Å². The SMILES string of the molecule is CN=C(NCc1cc(Br)ccc1OC)N(C)CCOCC1CC1. The summed E-state index contributed by atoms with van der Waals surface area (Å²) in [6, 6.07) is 5.98. The van der Waals surface area contributed by atoms with Gasteiger partial charge in [0.2, 0.25) is 0 Å². The maximum atomic E-state index is 5.69. The average molecular weight is 384 g/mol. The van der Waals surface area contributed by atoms with Crippen LogP contribution in [0, 0.1) is 5.92 Å². The number of aliphatic imine (C=N–C) groups is 1. The molecule has 0 heterocycles. The van der Waals surface area contributed by atoms with Gasteiger partial charge in [0.1, 0.15) is 5.75 Å². The van der Waals surface area contributed by atoms with Gasteiger partial charge in [0.25, 0.3) is 0 Å². The van der Waals surface area contributed by atoms with Crippen molar-refractivity contribution < 1.29 is 9.47 Å². The summed E-state index contributed by atoms with van der Waals surface area (Å²) in [5.74, 6) is 2.52. The highest BCUT2D eigenvalue weighted by atomic mass is 79.9. The number of likely N-dealkylation sites (N-methyl/N-ethyl adjacent to an activating group) is 1. The largest absolute Gasteiger partial charge is 0.496 e. The predicted octanol–water partition coefficient (Wildman–Crippen LogP) is 2.89. The van der Waals surface area contributed by atoms with Gasteiger partial charge in [-0.3, -0.25) is 4.99 Å². The first-order valence-electron chi connectivity index (χ1n) is 7.96. The molecule has 5 nitrogen and oxygen atoms in total. The molecule has 0 atom stereocenters. The average Bonchev–Trinajstić information content (AvgIpc) is 3.36. The molecule has 1 aliphatic rings. The van der Waals surface area contributed by atoms with Gasteiger partial charge in [-0.25, -0.2) is 0 Å². The molecule has 0 bridgehead atoms. The van der Waals surface area contributed by atoms with Crippen molar-refractivity contribution in [3.63, 3.8) is 0 Å². The molecule has 0 saturated heterocycles. The summed E-state index contributed by atoms with van der Waals surface area (Å²) in [6.07, 6.45) is 2.65. The third kappa shape index (κ3) is 6.03. The molecule has 1 N–H and O–H groups in total. The van der Waals surface area contributed by atoms with E-state index in [2.05, 4.69) is 37.2 Å². The van der Waals surface area contributed by atoms with E-state index in [0.29, 0.717) is 6.54 Å². The fourth-order valence-electron chi connectivity index (χ4n) is 2.29. The fraction of sp³-hybridized carbons (Fsp3) is 0.588. The zero-order valence-electron chi connectivity index (χ0n) is 14.1. The Bertz CT molecular complexity index is 533. The van der Waals surface area contributed by atoms with Crippen molar-refractivity contribution in [1.29, 1.82) is 0 Å². The van der Waals surface area contributed by atoms with E-state index in [1.54, 1.807) is 14.2 Å². The Kier molecular flexibility index (Phi) is 7.17. The van der Waals surface area contributed by atoms with Gasteiger partial charge in [-0.2, -0.15) is 0 Å². The molecule has 1 aromatic carbocycles. The highest BCUT2D eigenvalue weighted by Gasteiger charge is 2.21. The van der Waals surface area contributed by atoms with Crippen LogP contribution in [-0.2, 0) is 11.3 Å². The second-order valence-corrected chi connectivity index (χ2v) is 6.71. The van der Waals surface area contributed by atoms with Crippen molar-refractivity contribution in [1.82, 2.24) is 10.2 Å². The highest BCUT2D eigenvalue weighted by Crippen LogP contribution is 2.28. The molecular weight excluding hydrogens is 358 g/mol. The van der Waals surface area contributed by atoms with E-state index in [1.807, 2.05) is 19.2 Å². The lowest BCUT2D eigenvalue weighted by molar-refractivity contribution is 0.115. The molecule has 6 heteroatoms. The molecule has 23 heavy (non-hydrogen) atoms. The normalized spacial score (nSPS) is 14.7. The number of nitrogens with zero attached hydrogens (tertiary/aromatic N) is 2. The Hall–Kier alpha value is -1.27. The summed E-state index contributed by atoms with van der Waals surface area (Å²) in [5.41, 5.74) is 1.08. The van der Waals surface area contributed by atoms with Crippen LogP contribution in [-0.4, -0.2) is 51.8 Å². The maximum Gasteiger partial charge on any atom is 0.193 e. The van der Waals surface area contributed by atoms with Crippen molar-refractivity contribution in [3.8, 4) is 5.75 Å². The quantitative estimate of drug-likeness (QED) is 0.425. The van der Waals surface area contributed by atoms with Crippen molar-refractivity contribution in [3.05, 3.63) is 28.2 Å². The molecule has 2 rings (SSSR count). The Morgan fingerprint density at radius 2 is 2.22 bits per heavy atom. The Labute approximate surface area is 147 Å². The number of benzene rings is 1. The summed E-state index contributed by atoms with van der Waals surface area (Å²) in [5, 5.41) is 3.37. The van der Waals surface area contributed by atoms with Gasteiger partial charge < -0.3 is 19.7 Å². The summed E-state index contributed by atoms with van der Waals surface area (Å²) in [4.78, 5) is 6.41. The molecule has 0 aromatic heterocycles. The van der Waals surface area contributed by atoms with Gasteiger partial charge in [0.05, 0.1) is 13.7 Å². The number of methoxy groups -OCH3 is 1. The molecule has 128 valence electrons. The van der Waals surface area contributed by atoms with E-state index in [0.717, 1.165) is 47.4 Å². The maximum absolute atomic E-state index is 5.69. The van der Waals surface area contributed by atoms with Crippen molar-refractivity contribution >= 4 is 21.9 Å². The van der Waals surface area contributed by atoms with E-state index < -0.39 is 0 Å². The predicted molar refractivity (Wildman–Crippen MR) is 97.1 cm³/mol. The van der Waals surface area contributed by atoms with Crippen LogP contribution in [0.15, 0.2) is 27.7 Å². The first kappa shape index (κ1) is 18.1. The summed E-state index contributed by atoms with van der Waals surface area (Å²) >= 11 is 3.50. The molecule has 0 spiro atoms. The lowest BCUT2D eigenvalue weighted by Gasteiger charge is -2.22. The standard InChI is InChI=1S/C17H26BrN3O2/c1-19-17(21(2)8-9-23-12-13-4-5-13)20-11-14-10-15(18)6-7-16(14)22-3/h6-7,10,13H,4-5,8-9,11-12H2,1-3H3,(H,19,20). The zero-order valence-corrected chi connectivity index (χ0v) is 15.7. The van der Waals surface area contributed by atoms with Crippen LogP contribution in [0.2, 0.25) is 0 Å². The van der Waals surface area contributed by atoms with Crippen LogP contribution in [0.5, 0.6) is 5.75 Å². The molecule has 0 aliphatic heterocycles. The minimum absolute atomic E-state index is 0.655. The topological polar surface area (TPSA) is 46.1 Å². The summed E-state index contributed by atoms with van der Waals surface area (Å²) < 4.78 is 12.1. The number of ether oxygens (including phenoxy) is 2. The van der Waals surface area contributed by atoms with Crippen LogP contribution in [0.1, 0.15) is 18.4 Å². The van der Waals surface area contributed by atoms with Gasteiger partial charge >= 0.3 is 0 Å². The third-order valence-electron chi connectivity index (χ3n) is 3.87. The second kappa shape index (κ2) is 9.13. The van der Waals surface area contributed by atoms with Crippen LogP contribution in [0.4, 0.5) is 0 Å². The van der Waals surface area contributed by atoms with Crippen LogP contribution in [0.25, 0.3) is 0 Å².